The van der Waals surface area contributed by atoms with Crippen molar-refractivity contribution in [2.75, 3.05) is 6.54 Å². The molecule has 0 saturated heterocycles. The van der Waals surface area contributed by atoms with E-state index in [-0.39, 0.29) is 18.8 Å². The van der Waals surface area contributed by atoms with Crippen LogP contribution in [-0.2, 0) is 25.6 Å². The van der Waals surface area contributed by atoms with Crippen molar-refractivity contribution in [3.05, 3.63) is 36.0 Å². The first-order valence-corrected chi connectivity index (χ1v) is 12.2. The van der Waals surface area contributed by atoms with Crippen LogP contribution in [0.2, 0.25) is 0 Å². The Bertz CT molecular complexity index is 1050. The number of rotatable bonds is 14. The second kappa shape index (κ2) is 13.6. The third kappa shape index (κ3) is 8.06. The van der Waals surface area contributed by atoms with Crippen LogP contribution in [0.5, 0.6) is 0 Å². The summed E-state index contributed by atoms with van der Waals surface area (Å²) >= 11 is 0. The number of para-hydroxylation sites is 1. The highest BCUT2D eigenvalue weighted by atomic mass is 16.4. The fraction of sp³-hybridized carbons (Fsp3) is 0.520. The number of hydrogen-bond acceptors (Lipinski definition) is 6. The number of nitrogens with two attached hydrogens (primary N) is 2. The van der Waals surface area contributed by atoms with Gasteiger partial charge >= 0.3 is 5.97 Å². The summed E-state index contributed by atoms with van der Waals surface area (Å²) in [4.78, 5) is 53.3. The summed E-state index contributed by atoms with van der Waals surface area (Å²) in [7, 11) is 0. The van der Waals surface area contributed by atoms with Gasteiger partial charge in [0.1, 0.15) is 18.1 Å². The number of fused-ring (bicyclic) bond motifs is 1. The zero-order chi connectivity index (χ0) is 26.8. The van der Waals surface area contributed by atoms with Crippen molar-refractivity contribution in [1.82, 2.24) is 20.9 Å². The number of carboxylic acids is 1. The number of aromatic amines is 1. The summed E-state index contributed by atoms with van der Waals surface area (Å²) < 4.78 is 0. The standard InChI is InChI=1S/C25H38N6O5/c1-14(2)21(27)24(34)29-15(3)22(32)31-20(12-16-13-28-18-9-5-4-8-17(16)18)23(33)30-19(25(35)36)10-6-7-11-26/h4-5,8-9,13-15,19-21,28H,6-7,10-12,26-27H2,1-3H3,(H,29,34)(H,30,33)(H,31,32)(H,35,36). The Morgan fingerprint density at radius 3 is 2.25 bits per heavy atom. The second-order valence-corrected chi connectivity index (χ2v) is 9.31. The fourth-order valence-electron chi connectivity index (χ4n) is 3.73. The summed E-state index contributed by atoms with van der Waals surface area (Å²) in [6, 6.07) is 3.58. The zero-order valence-electron chi connectivity index (χ0n) is 21.0. The third-order valence-electron chi connectivity index (χ3n) is 6.07. The molecule has 0 spiro atoms. The Kier molecular flexibility index (Phi) is 10.9. The van der Waals surface area contributed by atoms with Crippen LogP contribution in [0, 0.1) is 5.92 Å². The summed E-state index contributed by atoms with van der Waals surface area (Å²) in [6.45, 7) is 5.50. The number of nitrogens with one attached hydrogen (secondary N) is 4. The Morgan fingerprint density at radius 1 is 0.944 bits per heavy atom. The number of hydrogen-bond donors (Lipinski definition) is 7. The summed E-state index contributed by atoms with van der Waals surface area (Å²) in [6.07, 6.45) is 3.24. The van der Waals surface area contributed by atoms with Crippen LogP contribution in [0.15, 0.2) is 30.5 Å². The highest BCUT2D eigenvalue weighted by molar-refractivity contribution is 5.94. The van der Waals surface area contributed by atoms with Crippen LogP contribution in [0.1, 0.15) is 45.6 Å². The van der Waals surface area contributed by atoms with Crippen LogP contribution < -0.4 is 27.4 Å². The highest BCUT2D eigenvalue weighted by Crippen LogP contribution is 2.19. The average Bonchev–Trinajstić information content (AvgIpc) is 3.24. The van der Waals surface area contributed by atoms with E-state index in [9.17, 15) is 24.3 Å². The lowest BCUT2D eigenvalue weighted by molar-refractivity contribution is -0.142. The van der Waals surface area contributed by atoms with Crippen molar-refractivity contribution < 1.29 is 24.3 Å². The molecule has 1 heterocycles. The first-order chi connectivity index (χ1) is 17.0. The number of carbonyl (C=O) groups excluding carboxylic acids is 3. The number of unbranched alkanes of at least 4 members (excludes halogenated alkanes) is 1. The molecule has 2 rings (SSSR count). The van der Waals surface area contributed by atoms with Crippen LogP contribution in [0.25, 0.3) is 10.9 Å². The largest absolute Gasteiger partial charge is 0.480 e. The molecule has 36 heavy (non-hydrogen) atoms. The quantitative estimate of drug-likeness (QED) is 0.181. The van der Waals surface area contributed by atoms with Gasteiger partial charge < -0.3 is 37.5 Å². The molecule has 11 heteroatoms. The minimum atomic E-state index is -1.17. The number of H-pyrrole nitrogens is 1. The normalized spacial score (nSPS) is 14.6. The third-order valence-corrected chi connectivity index (χ3v) is 6.07. The van der Waals surface area contributed by atoms with Crippen molar-refractivity contribution in [2.45, 2.75) is 70.6 Å². The molecular weight excluding hydrogens is 464 g/mol. The van der Waals surface area contributed by atoms with E-state index in [4.69, 9.17) is 11.5 Å². The lowest BCUT2D eigenvalue weighted by atomic mass is 10.0. The number of aliphatic carboxylic acids is 1. The maximum atomic E-state index is 13.2. The number of carbonyl (C=O) groups is 4. The van der Waals surface area contributed by atoms with Gasteiger partial charge in [-0.15, -0.1) is 0 Å². The Morgan fingerprint density at radius 2 is 1.61 bits per heavy atom. The molecule has 0 aliphatic rings. The van der Waals surface area contributed by atoms with E-state index in [1.165, 1.54) is 6.92 Å². The monoisotopic (exact) mass is 502 g/mol. The van der Waals surface area contributed by atoms with E-state index in [1.54, 1.807) is 20.0 Å². The van der Waals surface area contributed by atoms with Crippen LogP contribution in [-0.4, -0.2) is 64.5 Å². The molecule has 4 unspecified atom stereocenters. The van der Waals surface area contributed by atoms with Gasteiger partial charge in [0.2, 0.25) is 17.7 Å². The first-order valence-electron chi connectivity index (χ1n) is 12.2. The summed E-state index contributed by atoms with van der Waals surface area (Å²) in [5.41, 5.74) is 13.0. The molecule has 0 bridgehead atoms. The Hall–Kier alpha value is -3.44. The van der Waals surface area contributed by atoms with Crippen LogP contribution >= 0.6 is 0 Å². The molecule has 0 fully saturated rings. The minimum absolute atomic E-state index is 0.114. The predicted octanol–water partition coefficient (Wildman–Crippen LogP) is 0.382. The van der Waals surface area contributed by atoms with Gasteiger partial charge in [-0.05, 0) is 50.3 Å². The van der Waals surface area contributed by atoms with Gasteiger partial charge in [-0.2, -0.15) is 0 Å². The van der Waals surface area contributed by atoms with Gasteiger partial charge in [-0.25, -0.2) is 4.79 Å². The number of aromatic nitrogens is 1. The topological polar surface area (TPSA) is 192 Å². The van der Waals surface area contributed by atoms with Crippen LogP contribution in [0.4, 0.5) is 0 Å². The van der Waals surface area contributed by atoms with Crippen molar-refractivity contribution in [3.63, 3.8) is 0 Å². The van der Waals surface area contributed by atoms with Crippen molar-refractivity contribution in [1.29, 1.82) is 0 Å². The molecule has 3 amide bonds. The molecular formula is C25H38N6O5. The predicted molar refractivity (Wildman–Crippen MR) is 137 cm³/mol. The van der Waals surface area contributed by atoms with E-state index in [0.717, 1.165) is 16.5 Å². The first kappa shape index (κ1) is 28.8. The average molecular weight is 503 g/mol. The number of amides is 3. The second-order valence-electron chi connectivity index (χ2n) is 9.31. The molecule has 4 atom stereocenters. The lowest BCUT2D eigenvalue weighted by Crippen LogP contribution is -2.57. The van der Waals surface area contributed by atoms with Crippen LogP contribution in [0.3, 0.4) is 0 Å². The van der Waals surface area contributed by atoms with E-state index in [1.807, 2.05) is 24.3 Å². The zero-order valence-corrected chi connectivity index (χ0v) is 21.0. The molecule has 1 aromatic heterocycles. The Balaban J connectivity index is 2.21. The molecule has 198 valence electrons. The van der Waals surface area contributed by atoms with Gasteiger partial charge in [0, 0.05) is 23.5 Å². The number of carboxylic acid groups (broad SMARTS) is 1. The fourth-order valence-corrected chi connectivity index (χ4v) is 3.73. The molecule has 0 saturated carbocycles. The van der Waals surface area contributed by atoms with Gasteiger partial charge in [0.15, 0.2) is 0 Å². The maximum absolute atomic E-state index is 13.2. The molecule has 0 aliphatic heterocycles. The minimum Gasteiger partial charge on any atom is -0.480 e. The Labute approximate surface area is 210 Å². The number of benzene rings is 1. The smallest absolute Gasteiger partial charge is 0.326 e. The van der Waals surface area contributed by atoms with Gasteiger partial charge in [0.25, 0.3) is 0 Å². The molecule has 0 radical (unpaired) electrons. The van der Waals surface area contributed by atoms with Gasteiger partial charge in [0.05, 0.1) is 6.04 Å². The van der Waals surface area contributed by atoms with E-state index < -0.39 is 47.9 Å². The SMILES string of the molecule is CC(NC(=O)C(N)C(C)C)C(=O)NC(Cc1c[nH]c2ccccc12)C(=O)NC(CCCCN)C(=O)O. The van der Waals surface area contributed by atoms with Crippen molar-refractivity contribution in [3.8, 4) is 0 Å². The van der Waals surface area contributed by atoms with E-state index >= 15 is 0 Å². The summed E-state index contributed by atoms with van der Waals surface area (Å²) in [5.74, 6) is -2.98. The molecule has 9 N–H and O–H groups in total. The molecule has 11 nitrogen and oxygen atoms in total. The van der Waals surface area contributed by atoms with E-state index in [2.05, 4.69) is 20.9 Å². The van der Waals surface area contributed by atoms with Gasteiger partial charge in [-0.3, -0.25) is 14.4 Å². The molecule has 1 aromatic carbocycles. The maximum Gasteiger partial charge on any atom is 0.326 e. The van der Waals surface area contributed by atoms with Gasteiger partial charge in [-0.1, -0.05) is 32.0 Å². The summed E-state index contributed by atoms with van der Waals surface area (Å²) in [5, 5.41) is 18.2. The van der Waals surface area contributed by atoms with Crippen molar-refractivity contribution in [2.24, 2.45) is 17.4 Å². The van der Waals surface area contributed by atoms with E-state index in [0.29, 0.717) is 19.4 Å². The molecule has 2 aromatic rings. The lowest BCUT2D eigenvalue weighted by Gasteiger charge is -2.24. The van der Waals surface area contributed by atoms with Crippen molar-refractivity contribution >= 4 is 34.6 Å². The molecule has 0 aliphatic carbocycles. The highest BCUT2D eigenvalue weighted by Gasteiger charge is 2.29.